The molecule has 8 heteroatoms. The summed E-state index contributed by atoms with van der Waals surface area (Å²) >= 11 is 11.9. The number of hydrogen-bond acceptors (Lipinski definition) is 6. The minimum absolute atomic E-state index is 0.0111. The largest absolute Gasteiger partial charge is 0.462 e. The average Bonchev–Trinajstić information content (AvgIpc) is 2.35. The highest BCUT2D eigenvalue weighted by molar-refractivity contribution is 6.35. The molecule has 4 N–H and O–H groups in total. The van der Waals surface area contributed by atoms with Gasteiger partial charge in [-0.25, -0.2) is 9.79 Å². The lowest BCUT2D eigenvalue weighted by molar-refractivity contribution is -0.143. The highest BCUT2D eigenvalue weighted by Gasteiger charge is 2.16. The van der Waals surface area contributed by atoms with Crippen LogP contribution in [0.5, 0.6) is 0 Å². The molecule has 0 heterocycles. The molecule has 0 amide bonds. The van der Waals surface area contributed by atoms with E-state index in [0.29, 0.717) is 15.7 Å². The summed E-state index contributed by atoms with van der Waals surface area (Å²) in [6.45, 7) is 6.81. The van der Waals surface area contributed by atoms with Gasteiger partial charge < -0.3 is 9.47 Å². The highest BCUT2D eigenvalue weighted by atomic mass is 35.5. The Bertz CT molecular complexity index is 596. The third-order valence-corrected chi connectivity index (χ3v) is 2.81. The highest BCUT2D eigenvalue weighted by Crippen LogP contribution is 2.25. The number of aliphatic imine (C=N–C) groups is 1. The number of benzene rings is 1. The predicted octanol–water partition coefficient (Wildman–Crippen LogP) is 3.14. The van der Waals surface area contributed by atoms with Gasteiger partial charge in [0.1, 0.15) is 12.5 Å². The Morgan fingerprint density at radius 1 is 1.17 bits per heavy atom. The third kappa shape index (κ3) is 7.47. The van der Waals surface area contributed by atoms with Crippen molar-refractivity contribution in [3.8, 4) is 0 Å². The zero-order valence-corrected chi connectivity index (χ0v) is 14.4. The van der Waals surface area contributed by atoms with Gasteiger partial charge in [-0.1, -0.05) is 29.8 Å². The molecule has 2 unspecified atom stereocenters. The molecule has 1 aromatic carbocycles. The fraction of sp³-hybridized carbons (Fsp3) is 0.333. The monoisotopic (exact) mass is 359 g/mol. The number of hydrogen-bond donors (Lipinski definition) is 2. The number of nitrogens with zero attached hydrogens (tertiary/aromatic N) is 1. The summed E-state index contributed by atoms with van der Waals surface area (Å²) in [7, 11) is 0. The molecular formula is C15H19Cl2N3O3. The molecule has 0 aliphatic heterocycles. The summed E-state index contributed by atoms with van der Waals surface area (Å²) in [6.07, 6.45) is -1.35. The topological polar surface area (TPSA) is 99.9 Å². The van der Waals surface area contributed by atoms with Crippen LogP contribution >= 0.6 is 23.2 Å². The molecule has 1 rings (SSSR count). The van der Waals surface area contributed by atoms with Crippen LogP contribution in [0.3, 0.4) is 0 Å². The summed E-state index contributed by atoms with van der Waals surface area (Å²) in [5.41, 5.74) is 11.6. The molecule has 0 aliphatic carbocycles. The Hall–Kier alpha value is -1.60. The number of esters is 1. The molecule has 23 heavy (non-hydrogen) atoms. The molecule has 2 atom stereocenters. The maximum atomic E-state index is 11.7. The summed E-state index contributed by atoms with van der Waals surface area (Å²) < 4.78 is 10.3. The van der Waals surface area contributed by atoms with Crippen LogP contribution in [0.15, 0.2) is 35.3 Å². The van der Waals surface area contributed by atoms with E-state index in [1.54, 1.807) is 25.1 Å². The summed E-state index contributed by atoms with van der Waals surface area (Å²) in [5, 5.41) is 0.846. The Morgan fingerprint density at radius 3 is 2.17 bits per heavy atom. The molecule has 0 radical (unpaired) electrons. The van der Waals surface area contributed by atoms with Crippen molar-refractivity contribution < 1.29 is 14.3 Å². The van der Waals surface area contributed by atoms with E-state index in [1.165, 1.54) is 6.92 Å². The van der Waals surface area contributed by atoms with Crippen molar-refractivity contribution in [3.05, 3.63) is 40.4 Å². The zero-order valence-electron chi connectivity index (χ0n) is 12.9. The van der Waals surface area contributed by atoms with Crippen molar-refractivity contribution in [2.45, 2.75) is 32.7 Å². The molecule has 0 spiro atoms. The Labute approximate surface area is 145 Å². The first-order valence-corrected chi connectivity index (χ1v) is 7.53. The fourth-order valence-electron chi connectivity index (χ4n) is 1.58. The maximum absolute atomic E-state index is 11.7. The van der Waals surface area contributed by atoms with Gasteiger partial charge in [-0.15, -0.1) is 0 Å². The molecule has 0 saturated carbocycles. The predicted molar refractivity (Wildman–Crippen MR) is 91.8 cm³/mol. The zero-order chi connectivity index (χ0) is 17.6. The van der Waals surface area contributed by atoms with Crippen LogP contribution in [0.1, 0.15) is 20.3 Å². The van der Waals surface area contributed by atoms with Crippen LogP contribution < -0.4 is 11.5 Å². The normalized spacial score (nSPS) is 14.1. The summed E-state index contributed by atoms with van der Waals surface area (Å²) in [6, 6.07) is 4.77. The molecule has 0 fully saturated rings. The number of halogens is 2. The summed E-state index contributed by atoms with van der Waals surface area (Å²) in [4.78, 5) is 16.0. The van der Waals surface area contributed by atoms with E-state index in [4.69, 9.17) is 44.1 Å². The average molecular weight is 360 g/mol. The Morgan fingerprint density at radius 2 is 1.70 bits per heavy atom. The Balaban J connectivity index is 2.97. The molecular weight excluding hydrogens is 341 g/mol. The standard InChI is InChI=1S/C15H19Cl2N3O3/c1-8(15(21)23-10(3)19)4-14(22-9(2)18)20-13-6-11(16)5-12(17)7-13/h5-7,9-10H,1,4,18-19H2,2-3H3. The van der Waals surface area contributed by atoms with Crippen molar-refractivity contribution in [1.82, 2.24) is 0 Å². The van der Waals surface area contributed by atoms with Crippen molar-refractivity contribution in [2.75, 3.05) is 0 Å². The quantitative estimate of drug-likeness (QED) is 0.267. The van der Waals surface area contributed by atoms with Crippen molar-refractivity contribution in [3.63, 3.8) is 0 Å². The van der Waals surface area contributed by atoms with E-state index >= 15 is 0 Å². The first-order chi connectivity index (χ1) is 10.7. The third-order valence-electron chi connectivity index (χ3n) is 2.37. The van der Waals surface area contributed by atoms with Gasteiger partial charge in [0.2, 0.25) is 0 Å². The minimum Gasteiger partial charge on any atom is -0.462 e. The number of nitrogens with two attached hydrogens (primary N) is 2. The van der Waals surface area contributed by atoms with Crippen molar-refractivity contribution in [1.29, 1.82) is 0 Å². The maximum Gasteiger partial charge on any atom is 0.335 e. The van der Waals surface area contributed by atoms with Gasteiger partial charge in [-0.05, 0) is 32.0 Å². The first kappa shape index (κ1) is 19.4. The van der Waals surface area contributed by atoms with Gasteiger partial charge >= 0.3 is 5.97 Å². The van der Waals surface area contributed by atoms with Gasteiger partial charge in [-0.3, -0.25) is 11.5 Å². The van der Waals surface area contributed by atoms with E-state index in [1.807, 2.05) is 0 Å². The number of rotatable bonds is 6. The second kappa shape index (κ2) is 8.88. The smallest absolute Gasteiger partial charge is 0.335 e. The lowest BCUT2D eigenvalue weighted by atomic mass is 10.2. The molecule has 0 bridgehead atoms. The van der Waals surface area contributed by atoms with Crippen LogP contribution in [0.4, 0.5) is 5.69 Å². The van der Waals surface area contributed by atoms with Gasteiger partial charge in [0.05, 0.1) is 12.1 Å². The second-order valence-corrected chi connectivity index (χ2v) is 5.72. The van der Waals surface area contributed by atoms with E-state index in [2.05, 4.69) is 11.6 Å². The fourth-order valence-corrected chi connectivity index (χ4v) is 2.09. The SMILES string of the molecule is C=C(CC(=Nc1cc(Cl)cc(Cl)c1)OC(C)N)C(=O)OC(C)N. The molecule has 0 aromatic heterocycles. The molecule has 1 aromatic rings. The van der Waals surface area contributed by atoms with Gasteiger partial charge in [-0.2, -0.15) is 0 Å². The molecule has 0 aliphatic rings. The molecule has 6 nitrogen and oxygen atoms in total. The number of carbonyl (C=O) groups excluding carboxylic acids is 1. The minimum atomic E-state index is -0.735. The molecule has 0 saturated heterocycles. The molecule has 126 valence electrons. The van der Waals surface area contributed by atoms with E-state index in [-0.39, 0.29) is 17.9 Å². The van der Waals surface area contributed by atoms with Crippen LogP contribution in [0, 0.1) is 0 Å². The van der Waals surface area contributed by atoms with Crippen LogP contribution in [-0.4, -0.2) is 24.3 Å². The Kier molecular flexibility index (Phi) is 7.51. The van der Waals surface area contributed by atoms with Gasteiger partial charge in [0.15, 0.2) is 5.90 Å². The number of carbonyl (C=O) groups is 1. The van der Waals surface area contributed by atoms with Crippen LogP contribution in [0.2, 0.25) is 10.0 Å². The van der Waals surface area contributed by atoms with E-state index in [0.717, 1.165) is 0 Å². The van der Waals surface area contributed by atoms with Crippen molar-refractivity contribution >= 4 is 40.8 Å². The van der Waals surface area contributed by atoms with Gasteiger partial charge in [0, 0.05) is 15.6 Å². The number of ether oxygens (including phenoxy) is 2. The lowest BCUT2D eigenvalue weighted by Crippen LogP contribution is -2.27. The van der Waals surface area contributed by atoms with E-state index < -0.39 is 18.4 Å². The van der Waals surface area contributed by atoms with E-state index in [9.17, 15) is 4.79 Å². The van der Waals surface area contributed by atoms with Crippen molar-refractivity contribution in [2.24, 2.45) is 16.5 Å². The van der Waals surface area contributed by atoms with Crippen LogP contribution in [0.25, 0.3) is 0 Å². The van der Waals surface area contributed by atoms with Gasteiger partial charge in [0.25, 0.3) is 0 Å². The first-order valence-electron chi connectivity index (χ1n) is 6.77. The van der Waals surface area contributed by atoms with Crippen LogP contribution in [-0.2, 0) is 14.3 Å². The lowest BCUT2D eigenvalue weighted by Gasteiger charge is -2.14. The second-order valence-electron chi connectivity index (χ2n) is 4.85. The summed E-state index contributed by atoms with van der Waals surface area (Å²) in [5.74, 6) is -0.449.